The lowest BCUT2D eigenvalue weighted by Crippen LogP contribution is -2.43. The highest BCUT2D eigenvalue weighted by atomic mass is 16.7. The molecule has 2 rings (SSSR count). The summed E-state index contributed by atoms with van der Waals surface area (Å²) in [6.07, 6.45) is 1.14. The summed E-state index contributed by atoms with van der Waals surface area (Å²) in [6, 6.07) is 3.37. The number of nitrogens with zero attached hydrogens (tertiary/aromatic N) is 3. The summed E-state index contributed by atoms with van der Waals surface area (Å²) in [6.45, 7) is 3.65. The van der Waals surface area contributed by atoms with Gasteiger partial charge in [-0.15, -0.1) is 0 Å². The van der Waals surface area contributed by atoms with Crippen molar-refractivity contribution in [2.45, 2.75) is 26.0 Å². The molecule has 136 valence electrons. The summed E-state index contributed by atoms with van der Waals surface area (Å²) in [7, 11) is 3.09. The van der Waals surface area contributed by atoms with Gasteiger partial charge in [-0.05, 0) is 19.9 Å². The fourth-order valence-electron chi connectivity index (χ4n) is 2.29. The fraction of sp³-hybridized carbons (Fsp3) is 0.500. The highest BCUT2D eigenvalue weighted by Crippen LogP contribution is 2.30. The van der Waals surface area contributed by atoms with Crippen molar-refractivity contribution in [2.75, 3.05) is 27.4 Å². The van der Waals surface area contributed by atoms with Crippen LogP contribution < -0.4 is 4.74 Å². The van der Waals surface area contributed by atoms with E-state index in [1.54, 1.807) is 33.0 Å². The molecule has 0 fully saturated rings. The largest absolute Gasteiger partial charge is 0.481 e. The summed E-state index contributed by atoms with van der Waals surface area (Å²) in [5.41, 5.74) is -1.22. The molecular formula is C16H21N3O6. The second kappa shape index (κ2) is 7.93. The Morgan fingerprint density at radius 2 is 1.96 bits per heavy atom. The van der Waals surface area contributed by atoms with E-state index in [9.17, 15) is 9.59 Å². The molecule has 0 aliphatic carbocycles. The van der Waals surface area contributed by atoms with E-state index in [2.05, 4.69) is 9.98 Å². The molecule has 0 saturated heterocycles. The van der Waals surface area contributed by atoms with Crippen LogP contribution in [-0.4, -0.2) is 60.9 Å². The molecule has 1 aliphatic rings. The van der Waals surface area contributed by atoms with Gasteiger partial charge in [0.2, 0.25) is 5.88 Å². The number of hydrogen-bond donors (Lipinski definition) is 0. The Hall–Kier alpha value is -2.68. The zero-order chi connectivity index (χ0) is 18.4. The minimum atomic E-state index is -1.81. The number of rotatable bonds is 7. The lowest BCUT2D eigenvalue weighted by atomic mass is 10.1. The monoisotopic (exact) mass is 351 g/mol. The van der Waals surface area contributed by atoms with E-state index in [0.717, 1.165) is 0 Å². The van der Waals surface area contributed by atoms with Crippen molar-refractivity contribution in [1.82, 2.24) is 10.0 Å². The smallest absolute Gasteiger partial charge is 0.364 e. The first-order valence-electron chi connectivity index (χ1n) is 7.81. The number of methoxy groups -OCH3 is 1. The molecule has 1 atom stereocenters. The van der Waals surface area contributed by atoms with Gasteiger partial charge in [-0.2, -0.15) is 0 Å². The SMILES string of the molecule is CCOC(=O)CC1(C(=O)OCC)N=C(c2ccc(OC)nc2)N(C)O1. The Morgan fingerprint density at radius 1 is 1.24 bits per heavy atom. The summed E-state index contributed by atoms with van der Waals surface area (Å²) in [4.78, 5) is 38.4. The number of pyridine rings is 1. The molecule has 1 aromatic heterocycles. The molecule has 0 spiro atoms. The zero-order valence-corrected chi connectivity index (χ0v) is 14.6. The second-order valence-electron chi connectivity index (χ2n) is 5.10. The molecule has 0 amide bonds. The maximum absolute atomic E-state index is 12.4. The average molecular weight is 351 g/mol. The van der Waals surface area contributed by atoms with E-state index in [0.29, 0.717) is 17.3 Å². The number of amidine groups is 1. The third-order valence-electron chi connectivity index (χ3n) is 3.36. The lowest BCUT2D eigenvalue weighted by Gasteiger charge is -2.23. The number of hydroxylamine groups is 2. The molecule has 9 nitrogen and oxygen atoms in total. The predicted molar refractivity (Wildman–Crippen MR) is 86.8 cm³/mol. The van der Waals surface area contributed by atoms with Crippen LogP contribution in [0.2, 0.25) is 0 Å². The van der Waals surface area contributed by atoms with Gasteiger partial charge in [-0.3, -0.25) is 4.79 Å². The van der Waals surface area contributed by atoms with E-state index in [1.165, 1.54) is 18.4 Å². The van der Waals surface area contributed by atoms with Gasteiger partial charge in [0, 0.05) is 24.9 Å². The summed E-state index contributed by atoms with van der Waals surface area (Å²) >= 11 is 0. The van der Waals surface area contributed by atoms with Gasteiger partial charge < -0.3 is 14.2 Å². The molecule has 0 aromatic carbocycles. The number of carbonyl (C=O) groups excluding carboxylic acids is 2. The normalized spacial score (nSPS) is 19.4. The minimum Gasteiger partial charge on any atom is -0.481 e. The van der Waals surface area contributed by atoms with Gasteiger partial charge in [0.05, 0.1) is 20.3 Å². The van der Waals surface area contributed by atoms with Gasteiger partial charge in [0.25, 0.3) is 5.72 Å². The van der Waals surface area contributed by atoms with Crippen LogP contribution in [0.15, 0.2) is 23.3 Å². The molecule has 0 bridgehead atoms. The molecule has 0 radical (unpaired) electrons. The van der Waals surface area contributed by atoms with Gasteiger partial charge in [-0.1, -0.05) is 0 Å². The van der Waals surface area contributed by atoms with Crippen molar-refractivity contribution in [3.05, 3.63) is 23.9 Å². The highest BCUT2D eigenvalue weighted by Gasteiger charge is 2.51. The molecule has 0 saturated carbocycles. The van der Waals surface area contributed by atoms with Crippen molar-refractivity contribution in [3.63, 3.8) is 0 Å². The third kappa shape index (κ3) is 4.05. The topological polar surface area (TPSA) is 99.6 Å². The van der Waals surface area contributed by atoms with Crippen LogP contribution in [0.25, 0.3) is 0 Å². The fourth-order valence-corrected chi connectivity index (χ4v) is 2.29. The van der Waals surface area contributed by atoms with Crippen LogP contribution >= 0.6 is 0 Å². The van der Waals surface area contributed by atoms with Crippen molar-refractivity contribution < 1.29 is 28.6 Å². The van der Waals surface area contributed by atoms with Crippen LogP contribution in [0.1, 0.15) is 25.8 Å². The third-order valence-corrected chi connectivity index (χ3v) is 3.36. The molecule has 1 unspecified atom stereocenters. The Balaban J connectivity index is 2.37. The van der Waals surface area contributed by atoms with Crippen LogP contribution in [0.3, 0.4) is 0 Å². The van der Waals surface area contributed by atoms with E-state index in [1.807, 2.05) is 0 Å². The summed E-state index contributed by atoms with van der Waals surface area (Å²) < 4.78 is 15.0. The Morgan fingerprint density at radius 3 is 2.52 bits per heavy atom. The average Bonchev–Trinajstić information content (AvgIpc) is 2.93. The van der Waals surface area contributed by atoms with Gasteiger partial charge in [0.1, 0.15) is 6.42 Å². The number of esters is 2. The predicted octanol–water partition coefficient (Wildman–Crippen LogP) is 0.926. The molecular weight excluding hydrogens is 330 g/mol. The molecule has 25 heavy (non-hydrogen) atoms. The van der Waals surface area contributed by atoms with E-state index < -0.39 is 24.1 Å². The second-order valence-corrected chi connectivity index (χ2v) is 5.10. The molecule has 2 heterocycles. The maximum atomic E-state index is 12.4. The summed E-state index contributed by atoms with van der Waals surface area (Å²) in [5, 5.41) is 1.31. The standard InChI is InChI=1S/C16H21N3O6/c1-5-23-13(20)9-16(15(21)24-6-2)18-14(19(3)25-16)11-7-8-12(22-4)17-10-11/h7-8,10H,5-6,9H2,1-4H3. The first kappa shape index (κ1) is 18.7. The first-order chi connectivity index (χ1) is 12.0. The van der Waals surface area contributed by atoms with E-state index in [-0.39, 0.29) is 13.2 Å². The first-order valence-corrected chi connectivity index (χ1v) is 7.81. The van der Waals surface area contributed by atoms with Crippen molar-refractivity contribution in [3.8, 4) is 5.88 Å². The zero-order valence-electron chi connectivity index (χ0n) is 14.6. The molecule has 9 heteroatoms. The van der Waals surface area contributed by atoms with Crippen molar-refractivity contribution >= 4 is 17.8 Å². The van der Waals surface area contributed by atoms with Crippen molar-refractivity contribution in [1.29, 1.82) is 0 Å². The summed E-state index contributed by atoms with van der Waals surface area (Å²) in [5.74, 6) is -0.588. The van der Waals surface area contributed by atoms with Crippen LogP contribution in [-0.2, 0) is 23.9 Å². The van der Waals surface area contributed by atoms with Crippen molar-refractivity contribution in [2.24, 2.45) is 4.99 Å². The number of aliphatic imine (C=N–C) groups is 1. The van der Waals surface area contributed by atoms with Gasteiger partial charge in [0.15, 0.2) is 5.84 Å². The molecule has 0 N–H and O–H groups in total. The van der Waals surface area contributed by atoms with Gasteiger partial charge >= 0.3 is 11.9 Å². The number of carbonyl (C=O) groups is 2. The Kier molecular flexibility index (Phi) is 5.92. The maximum Gasteiger partial charge on any atom is 0.364 e. The number of ether oxygens (including phenoxy) is 3. The van der Waals surface area contributed by atoms with Crippen LogP contribution in [0.5, 0.6) is 5.88 Å². The van der Waals surface area contributed by atoms with E-state index in [4.69, 9.17) is 19.0 Å². The van der Waals surface area contributed by atoms with Crippen LogP contribution in [0, 0.1) is 0 Å². The van der Waals surface area contributed by atoms with Gasteiger partial charge in [-0.25, -0.2) is 24.7 Å². The quantitative estimate of drug-likeness (QED) is 0.669. The molecule has 1 aliphatic heterocycles. The minimum absolute atomic E-state index is 0.130. The number of aromatic nitrogens is 1. The number of hydrogen-bond acceptors (Lipinski definition) is 9. The highest BCUT2D eigenvalue weighted by molar-refractivity contribution is 6.01. The Labute approximate surface area is 145 Å². The van der Waals surface area contributed by atoms with Crippen LogP contribution in [0.4, 0.5) is 0 Å². The van der Waals surface area contributed by atoms with E-state index >= 15 is 0 Å². The Bertz CT molecular complexity index is 660. The lowest BCUT2D eigenvalue weighted by molar-refractivity contribution is -0.207. The molecule has 1 aromatic rings.